The molecule has 5 aromatic rings. The Bertz CT molecular complexity index is 1650. The monoisotopic (exact) mass is 590 g/mol. The van der Waals surface area contributed by atoms with Gasteiger partial charge in [-0.2, -0.15) is 5.10 Å². The topological polar surface area (TPSA) is 90.3 Å². The number of aromatic amines is 1. The maximum Gasteiger partial charge on any atom is 0.166 e. The molecule has 7 rings (SSSR count). The van der Waals surface area contributed by atoms with E-state index in [4.69, 9.17) is 30.8 Å². The van der Waals surface area contributed by atoms with Crippen LogP contribution in [-0.2, 0) is 28.2 Å². The number of hydrogen-bond acceptors (Lipinski definition) is 8. The van der Waals surface area contributed by atoms with Crippen molar-refractivity contribution in [1.82, 2.24) is 29.6 Å². The van der Waals surface area contributed by atoms with Crippen LogP contribution in [0.15, 0.2) is 55.1 Å². The van der Waals surface area contributed by atoms with Crippen molar-refractivity contribution in [3.8, 4) is 27.4 Å². The van der Waals surface area contributed by atoms with Crippen molar-refractivity contribution < 1.29 is 14.2 Å². The molecule has 0 unspecified atom stereocenters. The van der Waals surface area contributed by atoms with Crippen molar-refractivity contribution in [3.63, 3.8) is 0 Å². The second-order valence-corrected chi connectivity index (χ2v) is 12.1. The quantitative estimate of drug-likeness (QED) is 0.221. The number of nitrogens with one attached hydrogen (secondary N) is 1. The largest absolute Gasteiger partial charge is 0.497 e. The molecule has 2 aliphatic heterocycles. The van der Waals surface area contributed by atoms with Crippen LogP contribution in [0.1, 0.15) is 23.4 Å². The minimum atomic E-state index is -0.575. The summed E-state index contributed by atoms with van der Waals surface area (Å²) in [5.41, 5.74) is 4.15. The molecule has 41 heavy (non-hydrogen) atoms. The average molecular weight is 591 g/mol. The van der Waals surface area contributed by atoms with E-state index in [0.717, 1.165) is 62.1 Å². The summed E-state index contributed by atoms with van der Waals surface area (Å²) in [6.07, 6.45) is 10.2. The second-order valence-electron chi connectivity index (χ2n) is 10.6. The summed E-state index contributed by atoms with van der Waals surface area (Å²) in [5, 5.41) is 7.01. The molecule has 9 nitrogen and oxygen atoms in total. The molecule has 2 aliphatic rings. The molecule has 212 valence electrons. The zero-order valence-corrected chi connectivity index (χ0v) is 24.4. The number of likely N-dealkylation sites (tertiary alicyclic amines) is 1. The third-order valence-corrected chi connectivity index (χ3v) is 9.37. The molecule has 1 aromatic carbocycles. The maximum absolute atomic E-state index is 6.75. The Hall–Kier alpha value is -3.28. The summed E-state index contributed by atoms with van der Waals surface area (Å²) in [5.74, 6) is 0.819. The number of halogens is 1. The number of methoxy groups -OCH3 is 1. The molecule has 0 radical (unpaired) electrons. The van der Waals surface area contributed by atoms with Crippen molar-refractivity contribution in [2.75, 3.05) is 40.0 Å². The van der Waals surface area contributed by atoms with Crippen LogP contribution in [0.4, 0.5) is 0 Å². The fraction of sp³-hybridized carbons (Fsp3) is 0.367. The van der Waals surface area contributed by atoms with Crippen LogP contribution in [0, 0.1) is 0 Å². The van der Waals surface area contributed by atoms with Gasteiger partial charge in [0.05, 0.1) is 55.3 Å². The minimum Gasteiger partial charge on any atom is -0.497 e. The van der Waals surface area contributed by atoms with Crippen LogP contribution in [0.5, 0.6) is 5.75 Å². The van der Waals surface area contributed by atoms with Crippen molar-refractivity contribution in [1.29, 1.82) is 0 Å². The fourth-order valence-electron chi connectivity index (χ4n) is 5.43. The molecule has 0 atom stereocenters. The summed E-state index contributed by atoms with van der Waals surface area (Å²) >= 11 is 8.34. The lowest BCUT2D eigenvalue weighted by Crippen LogP contribution is -2.48. The Morgan fingerprint density at radius 3 is 2.66 bits per heavy atom. The van der Waals surface area contributed by atoms with Gasteiger partial charge in [0.1, 0.15) is 16.4 Å². The SMILES string of the molecule is COc1ccc(COC2(c3ncc(-c4c(Cl)cnc5[nH]c(-c6cnn(CCN7CCCC7)c6)cc45)s3)COC2)cc1. The molecular formula is C30H31ClN6O3S. The number of ether oxygens (including phenoxy) is 3. The van der Waals surface area contributed by atoms with E-state index in [1.54, 1.807) is 24.6 Å². The lowest BCUT2D eigenvalue weighted by molar-refractivity contribution is -0.222. The summed E-state index contributed by atoms with van der Waals surface area (Å²) in [7, 11) is 1.66. The summed E-state index contributed by atoms with van der Waals surface area (Å²) in [4.78, 5) is 16.3. The summed E-state index contributed by atoms with van der Waals surface area (Å²) < 4.78 is 19.3. The van der Waals surface area contributed by atoms with Gasteiger partial charge in [0.15, 0.2) is 5.60 Å². The molecule has 0 amide bonds. The summed E-state index contributed by atoms with van der Waals surface area (Å²) in [6.45, 7) is 5.66. The molecule has 11 heteroatoms. The first-order valence-corrected chi connectivity index (χ1v) is 15.0. The average Bonchev–Trinajstić information content (AvgIpc) is 3.78. The van der Waals surface area contributed by atoms with Crippen LogP contribution in [0.25, 0.3) is 32.7 Å². The Balaban J connectivity index is 1.12. The fourth-order valence-corrected chi connectivity index (χ4v) is 6.84. The minimum absolute atomic E-state index is 0.454. The lowest BCUT2D eigenvalue weighted by atomic mass is 10.0. The van der Waals surface area contributed by atoms with E-state index in [2.05, 4.69) is 32.2 Å². The number of thiazole rings is 1. The maximum atomic E-state index is 6.75. The van der Waals surface area contributed by atoms with Crippen LogP contribution in [0.3, 0.4) is 0 Å². The first-order valence-electron chi connectivity index (χ1n) is 13.8. The molecule has 2 fully saturated rings. The highest BCUT2D eigenvalue weighted by Crippen LogP contribution is 2.43. The van der Waals surface area contributed by atoms with Gasteiger partial charge in [-0.15, -0.1) is 11.3 Å². The van der Waals surface area contributed by atoms with Crippen molar-refractivity contribution >= 4 is 34.0 Å². The van der Waals surface area contributed by atoms with E-state index in [1.165, 1.54) is 25.9 Å². The molecule has 0 aliphatic carbocycles. The van der Waals surface area contributed by atoms with Crippen molar-refractivity contribution in [2.45, 2.75) is 31.6 Å². The highest BCUT2D eigenvalue weighted by molar-refractivity contribution is 7.15. The highest BCUT2D eigenvalue weighted by atomic mass is 35.5. The van der Waals surface area contributed by atoms with Gasteiger partial charge < -0.3 is 24.1 Å². The first-order chi connectivity index (χ1) is 20.1. The van der Waals surface area contributed by atoms with Gasteiger partial charge in [0.25, 0.3) is 0 Å². The molecule has 6 heterocycles. The Morgan fingerprint density at radius 1 is 1.07 bits per heavy atom. The van der Waals surface area contributed by atoms with Gasteiger partial charge in [0.2, 0.25) is 0 Å². The van der Waals surface area contributed by atoms with E-state index in [1.807, 2.05) is 41.3 Å². The number of hydrogen-bond donors (Lipinski definition) is 1. The van der Waals surface area contributed by atoms with E-state index in [-0.39, 0.29) is 0 Å². The molecule has 4 aromatic heterocycles. The predicted molar refractivity (Wildman–Crippen MR) is 159 cm³/mol. The second kappa shape index (κ2) is 11.2. The van der Waals surface area contributed by atoms with Crippen LogP contribution >= 0.6 is 22.9 Å². The number of benzene rings is 1. The third kappa shape index (κ3) is 5.26. The molecule has 1 N–H and O–H groups in total. The Morgan fingerprint density at radius 2 is 1.90 bits per heavy atom. The number of fused-ring (bicyclic) bond motifs is 1. The smallest absolute Gasteiger partial charge is 0.166 e. The normalized spacial score (nSPS) is 16.8. The molecule has 0 bridgehead atoms. The van der Waals surface area contributed by atoms with Crippen LogP contribution in [-0.4, -0.2) is 69.6 Å². The van der Waals surface area contributed by atoms with Gasteiger partial charge in [-0.05, 0) is 49.7 Å². The molecule has 0 saturated carbocycles. The predicted octanol–water partition coefficient (Wildman–Crippen LogP) is 5.75. The van der Waals surface area contributed by atoms with Crippen molar-refractivity contribution in [3.05, 3.63) is 70.7 Å². The third-order valence-electron chi connectivity index (χ3n) is 7.89. The molecular weight excluding hydrogens is 560 g/mol. The lowest BCUT2D eigenvalue weighted by Gasteiger charge is -2.39. The zero-order valence-electron chi connectivity index (χ0n) is 22.8. The summed E-state index contributed by atoms with van der Waals surface area (Å²) in [6, 6.07) is 9.99. The molecule has 0 spiro atoms. The molecule has 2 saturated heterocycles. The van der Waals surface area contributed by atoms with Gasteiger partial charge in [-0.3, -0.25) is 4.68 Å². The van der Waals surface area contributed by atoms with Crippen LogP contribution in [0.2, 0.25) is 5.02 Å². The number of aromatic nitrogens is 5. The van der Waals surface area contributed by atoms with E-state index < -0.39 is 5.60 Å². The number of H-pyrrole nitrogens is 1. The number of nitrogens with zero attached hydrogens (tertiary/aromatic N) is 5. The van der Waals surface area contributed by atoms with Gasteiger partial charge in [0, 0.05) is 41.6 Å². The van der Waals surface area contributed by atoms with E-state index in [0.29, 0.717) is 24.8 Å². The Kier molecular flexibility index (Phi) is 7.26. The van der Waals surface area contributed by atoms with E-state index in [9.17, 15) is 0 Å². The van der Waals surface area contributed by atoms with E-state index >= 15 is 0 Å². The first kappa shape index (κ1) is 26.6. The Labute approximate surface area is 247 Å². The standard InChI is InChI=1S/C30H31ClN6O3S/c1-38-22-6-4-20(5-7-22)17-40-30(18-39-19-30)29-33-15-26(41-29)27-23-12-25(35-28(23)32-14-24(27)31)21-13-34-37(16-21)11-10-36-8-2-3-9-36/h4-7,12-16H,2-3,8-11,17-19H2,1H3,(H,32,35). The van der Waals surface area contributed by atoms with Crippen molar-refractivity contribution in [2.24, 2.45) is 0 Å². The number of pyridine rings is 1. The number of rotatable bonds is 10. The van der Waals surface area contributed by atoms with Gasteiger partial charge >= 0.3 is 0 Å². The zero-order chi connectivity index (χ0) is 27.8. The van der Waals surface area contributed by atoms with Crippen LogP contribution < -0.4 is 4.74 Å². The van der Waals surface area contributed by atoms with Gasteiger partial charge in [-0.25, -0.2) is 9.97 Å². The van der Waals surface area contributed by atoms with Gasteiger partial charge in [-0.1, -0.05) is 23.7 Å². The highest BCUT2D eigenvalue weighted by Gasteiger charge is 2.44.